The summed E-state index contributed by atoms with van der Waals surface area (Å²) in [5.41, 5.74) is -0.581. The molecule has 0 bridgehead atoms. The fourth-order valence-corrected chi connectivity index (χ4v) is 6.22. The molecule has 5 amide bonds. The number of carbonyl (C=O) groups excluding carboxylic acids is 4. The fourth-order valence-electron chi connectivity index (χ4n) is 6.22. The second kappa shape index (κ2) is 17.2. The lowest BCUT2D eigenvalue weighted by atomic mass is 9.82. The maximum atomic E-state index is 13.0. The van der Waals surface area contributed by atoms with Gasteiger partial charge in [-0.25, -0.2) is 9.59 Å². The summed E-state index contributed by atoms with van der Waals surface area (Å²) in [5.74, 6) is -0.120. The Morgan fingerprint density at radius 2 is 1.59 bits per heavy atom. The number of hydrogen-bond acceptors (Lipinski definition) is 7. The van der Waals surface area contributed by atoms with Gasteiger partial charge in [0.25, 0.3) is 0 Å². The van der Waals surface area contributed by atoms with Crippen molar-refractivity contribution in [2.24, 2.45) is 11.8 Å². The maximum Gasteiger partial charge on any atom is 0.407 e. The van der Waals surface area contributed by atoms with Gasteiger partial charge in [0.15, 0.2) is 0 Å². The second-order valence-corrected chi connectivity index (χ2v) is 14.0. The van der Waals surface area contributed by atoms with Gasteiger partial charge in [0.2, 0.25) is 11.8 Å². The van der Waals surface area contributed by atoms with E-state index >= 15 is 0 Å². The number of ether oxygens (including phenoxy) is 1. The molecule has 1 saturated heterocycles. The number of nitrogens with zero attached hydrogens (tertiary/aromatic N) is 1. The number of urea groups is 1. The predicted octanol–water partition coefficient (Wildman–Crippen LogP) is 2.95. The van der Waals surface area contributed by atoms with E-state index in [4.69, 9.17) is 4.74 Å². The van der Waals surface area contributed by atoms with E-state index in [9.17, 15) is 29.4 Å². The van der Waals surface area contributed by atoms with E-state index in [1.54, 1.807) is 25.7 Å². The number of rotatable bonds is 14. The molecule has 12 heteroatoms. The molecule has 4 atom stereocenters. The summed E-state index contributed by atoms with van der Waals surface area (Å²) in [7, 11) is 0. The molecule has 44 heavy (non-hydrogen) atoms. The van der Waals surface area contributed by atoms with E-state index in [-0.39, 0.29) is 42.8 Å². The van der Waals surface area contributed by atoms with Crippen molar-refractivity contribution in [2.45, 2.75) is 147 Å². The van der Waals surface area contributed by atoms with Gasteiger partial charge in [0.05, 0.1) is 12.1 Å². The molecule has 2 aliphatic carbocycles. The molecule has 252 valence electrons. The predicted molar refractivity (Wildman–Crippen MR) is 167 cm³/mol. The molecule has 3 fully saturated rings. The third-order valence-corrected chi connectivity index (χ3v) is 8.87. The molecule has 0 radical (unpaired) electrons. The van der Waals surface area contributed by atoms with Crippen LogP contribution in [0.2, 0.25) is 0 Å². The number of aliphatic hydroxyl groups excluding tert-OH is 2. The SMILES string of the molecule is CCC[C@H](NC(=O)N1CCC(NC(=O)OC(C)(C)C)CC1)C(=O)NCCC(=O)N[C@@H](CC1CCCCC1)[C@@H](O)[C@@H](O)C1CC1. The van der Waals surface area contributed by atoms with Crippen LogP contribution in [0.3, 0.4) is 0 Å². The van der Waals surface area contributed by atoms with Crippen LogP contribution >= 0.6 is 0 Å². The molecule has 1 aliphatic heterocycles. The van der Waals surface area contributed by atoms with Crippen molar-refractivity contribution in [1.29, 1.82) is 0 Å². The standard InChI is InChI=1S/C32H57N5O7/c1-5-9-24(36-30(42)37-18-15-23(16-19-37)34-31(43)44-32(2,3)4)29(41)33-17-14-26(38)35-25(20-21-10-7-6-8-11-21)28(40)27(39)22-12-13-22/h21-25,27-28,39-40H,5-20H2,1-4H3,(H,33,41)(H,34,43)(H,35,38)(H,36,42)/t24-,25-,27-,28+/m0/s1. The van der Waals surface area contributed by atoms with Crippen molar-refractivity contribution in [2.75, 3.05) is 19.6 Å². The van der Waals surface area contributed by atoms with E-state index in [0.29, 0.717) is 51.1 Å². The van der Waals surface area contributed by atoms with E-state index in [2.05, 4.69) is 21.3 Å². The van der Waals surface area contributed by atoms with Gasteiger partial charge in [0, 0.05) is 32.1 Å². The Labute approximate surface area is 262 Å². The minimum absolute atomic E-state index is 0.0318. The number of nitrogens with one attached hydrogen (secondary N) is 4. The van der Waals surface area contributed by atoms with Gasteiger partial charge < -0.3 is 41.1 Å². The molecule has 0 aromatic rings. The van der Waals surface area contributed by atoms with Crippen molar-refractivity contribution in [3.63, 3.8) is 0 Å². The number of hydrogen-bond donors (Lipinski definition) is 6. The highest BCUT2D eigenvalue weighted by Gasteiger charge is 2.39. The Hall–Kier alpha value is -2.60. The number of alkyl carbamates (subject to hydrolysis) is 1. The minimum Gasteiger partial charge on any atom is -0.444 e. The Morgan fingerprint density at radius 1 is 0.932 bits per heavy atom. The van der Waals surface area contributed by atoms with Crippen molar-refractivity contribution < 1.29 is 34.1 Å². The first-order valence-corrected chi connectivity index (χ1v) is 16.8. The number of amides is 5. The molecule has 12 nitrogen and oxygen atoms in total. The van der Waals surface area contributed by atoms with Crippen LogP contribution in [0, 0.1) is 11.8 Å². The van der Waals surface area contributed by atoms with Crippen LogP contribution in [0.5, 0.6) is 0 Å². The van der Waals surface area contributed by atoms with Crippen LogP contribution in [0.15, 0.2) is 0 Å². The number of aliphatic hydroxyl groups is 2. The van der Waals surface area contributed by atoms with Crippen LogP contribution in [-0.4, -0.2) is 94.6 Å². The first-order valence-electron chi connectivity index (χ1n) is 16.8. The first-order chi connectivity index (χ1) is 20.9. The topological polar surface area (TPSA) is 169 Å². The van der Waals surface area contributed by atoms with E-state index in [1.165, 1.54) is 6.42 Å². The zero-order chi connectivity index (χ0) is 32.3. The van der Waals surface area contributed by atoms with Crippen molar-refractivity contribution >= 4 is 23.9 Å². The van der Waals surface area contributed by atoms with Gasteiger partial charge in [-0.2, -0.15) is 0 Å². The zero-order valence-corrected chi connectivity index (χ0v) is 27.2. The summed E-state index contributed by atoms with van der Waals surface area (Å²) in [6.07, 6.45) is 8.11. The monoisotopic (exact) mass is 623 g/mol. The molecule has 3 rings (SSSR count). The third kappa shape index (κ3) is 12.4. The second-order valence-electron chi connectivity index (χ2n) is 14.0. The Bertz CT molecular complexity index is 940. The average molecular weight is 624 g/mol. The van der Waals surface area contributed by atoms with Gasteiger partial charge in [-0.3, -0.25) is 9.59 Å². The highest BCUT2D eigenvalue weighted by atomic mass is 16.6. The fraction of sp³-hybridized carbons (Fsp3) is 0.875. The average Bonchev–Trinajstić information content (AvgIpc) is 3.81. The summed E-state index contributed by atoms with van der Waals surface area (Å²) in [4.78, 5) is 52.5. The van der Waals surface area contributed by atoms with Crippen molar-refractivity contribution in [3.8, 4) is 0 Å². The van der Waals surface area contributed by atoms with E-state index in [1.807, 2.05) is 6.92 Å². The lowest BCUT2D eigenvalue weighted by Crippen LogP contribution is -2.54. The maximum absolute atomic E-state index is 13.0. The van der Waals surface area contributed by atoms with Crippen LogP contribution in [0.4, 0.5) is 9.59 Å². The van der Waals surface area contributed by atoms with Gasteiger partial charge in [-0.15, -0.1) is 0 Å². The Morgan fingerprint density at radius 3 is 2.18 bits per heavy atom. The normalized spacial score (nSPS) is 21.0. The molecule has 0 spiro atoms. The summed E-state index contributed by atoms with van der Waals surface area (Å²) >= 11 is 0. The molecule has 0 unspecified atom stereocenters. The molecule has 0 aromatic carbocycles. The number of piperidine rings is 1. The Balaban J connectivity index is 1.42. The smallest absolute Gasteiger partial charge is 0.407 e. The summed E-state index contributed by atoms with van der Waals surface area (Å²) < 4.78 is 5.31. The molecule has 2 saturated carbocycles. The van der Waals surface area contributed by atoms with Gasteiger partial charge in [-0.1, -0.05) is 45.4 Å². The lowest BCUT2D eigenvalue weighted by Gasteiger charge is -2.33. The zero-order valence-electron chi connectivity index (χ0n) is 27.2. The molecular formula is C32H57N5O7. The van der Waals surface area contributed by atoms with E-state index < -0.39 is 36.0 Å². The molecule has 0 aromatic heterocycles. The molecular weight excluding hydrogens is 566 g/mol. The molecule has 6 N–H and O–H groups in total. The summed E-state index contributed by atoms with van der Waals surface area (Å²) in [5, 5.41) is 32.9. The minimum atomic E-state index is -1.01. The highest BCUT2D eigenvalue weighted by Crippen LogP contribution is 2.36. The van der Waals surface area contributed by atoms with E-state index in [0.717, 1.165) is 38.5 Å². The summed E-state index contributed by atoms with van der Waals surface area (Å²) in [6, 6.07) is -1.67. The lowest BCUT2D eigenvalue weighted by molar-refractivity contribution is -0.125. The van der Waals surface area contributed by atoms with Crippen LogP contribution in [0.1, 0.15) is 111 Å². The van der Waals surface area contributed by atoms with Crippen LogP contribution < -0.4 is 21.3 Å². The van der Waals surface area contributed by atoms with Crippen LogP contribution in [0.25, 0.3) is 0 Å². The molecule has 1 heterocycles. The van der Waals surface area contributed by atoms with Crippen LogP contribution in [-0.2, 0) is 14.3 Å². The number of likely N-dealkylation sites (tertiary alicyclic amines) is 1. The quantitative estimate of drug-likeness (QED) is 0.173. The highest BCUT2D eigenvalue weighted by molar-refractivity contribution is 5.87. The molecule has 3 aliphatic rings. The first kappa shape index (κ1) is 35.9. The summed E-state index contributed by atoms with van der Waals surface area (Å²) in [6.45, 7) is 8.33. The Kier molecular flexibility index (Phi) is 14.0. The van der Waals surface area contributed by atoms with Gasteiger partial charge >= 0.3 is 12.1 Å². The van der Waals surface area contributed by atoms with Gasteiger partial charge in [0.1, 0.15) is 17.7 Å². The van der Waals surface area contributed by atoms with Crippen molar-refractivity contribution in [3.05, 3.63) is 0 Å². The van der Waals surface area contributed by atoms with Gasteiger partial charge in [-0.05, 0) is 71.1 Å². The third-order valence-electron chi connectivity index (χ3n) is 8.87. The number of carbonyl (C=O) groups is 4. The largest absolute Gasteiger partial charge is 0.444 e. The van der Waals surface area contributed by atoms with Crippen molar-refractivity contribution in [1.82, 2.24) is 26.2 Å².